The summed E-state index contributed by atoms with van der Waals surface area (Å²) in [7, 11) is -2.14. The number of hydrogen-bond donors (Lipinski definition) is 2. The van der Waals surface area contributed by atoms with Gasteiger partial charge in [-0.2, -0.15) is 0 Å². The topological polar surface area (TPSA) is 75.3 Å². The van der Waals surface area contributed by atoms with Gasteiger partial charge in [0.15, 0.2) is 0 Å². The van der Waals surface area contributed by atoms with Gasteiger partial charge in [0.05, 0.1) is 10.3 Å². The summed E-state index contributed by atoms with van der Waals surface area (Å²) in [5.41, 5.74) is 1.11. The van der Waals surface area contributed by atoms with Crippen LogP contribution in [0.2, 0.25) is 5.02 Å². The van der Waals surface area contributed by atoms with E-state index >= 15 is 0 Å². The Kier molecular flexibility index (Phi) is 5.89. The normalized spacial score (nSPS) is 16.2. The molecular formula is C20H23ClN2O3S. The van der Waals surface area contributed by atoms with Crippen LogP contribution < -0.4 is 10.0 Å². The molecule has 2 aromatic carbocycles. The third-order valence-corrected chi connectivity index (χ3v) is 6.85. The summed E-state index contributed by atoms with van der Waals surface area (Å²) in [4.78, 5) is 13.3. The Morgan fingerprint density at radius 3 is 2.48 bits per heavy atom. The molecule has 0 atom stereocenters. The molecule has 1 aliphatic carbocycles. The van der Waals surface area contributed by atoms with Crippen LogP contribution in [-0.2, 0) is 26.8 Å². The molecule has 2 N–H and O–H groups in total. The molecule has 0 spiro atoms. The summed E-state index contributed by atoms with van der Waals surface area (Å²) in [6.07, 6.45) is 3.56. The summed E-state index contributed by atoms with van der Waals surface area (Å²) in [5, 5.41) is 3.62. The zero-order valence-electron chi connectivity index (χ0n) is 15.2. The average molecular weight is 407 g/mol. The third-order valence-electron chi connectivity index (χ3n) is 5.20. The van der Waals surface area contributed by atoms with Crippen molar-refractivity contribution in [2.45, 2.75) is 42.5 Å². The number of sulfonamides is 1. The van der Waals surface area contributed by atoms with Gasteiger partial charge in [-0.05, 0) is 55.3 Å². The fourth-order valence-electron chi connectivity index (χ4n) is 3.70. The minimum absolute atomic E-state index is 0.0378. The van der Waals surface area contributed by atoms with E-state index in [1.807, 2.05) is 18.2 Å². The van der Waals surface area contributed by atoms with Gasteiger partial charge in [-0.15, -0.1) is 0 Å². The molecule has 0 radical (unpaired) electrons. The van der Waals surface area contributed by atoms with Crippen molar-refractivity contribution in [2.75, 3.05) is 7.05 Å². The molecule has 5 nitrogen and oxygen atoms in total. The standard InChI is InChI=1S/C20H23ClN2O3S/c1-22-27(25,26)18-9-4-6-15(12-18)14-23-19(24)20(10-2-3-11-20)16-7-5-8-17(21)13-16/h4-9,12-13,22H,2-3,10-11,14H2,1H3,(H,23,24). The molecule has 0 unspecified atom stereocenters. The van der Waals surface area contributed by atoms with E-state index in [-0.39, 0.29) is 17.3 Å². The zero-order chi connectivity index (χ0) is 19.5. The third kappa shape index (κ3) is 4.18. The largest absolute Gasteiger partial charge is 0.351 e. The highest BCUT2D eigenvalue weighted by Crippen LogP contribution is 2.42. The molecule has 27 heavy (non-hydrogen) atoms. The lowest BCUT2D eigenvalue weighted by molar-refractivity contribution is -0.126. The predicted octanol–water partition coefficient (Wildman–Crippen LogP) is 3.38. The van der Waals surface area contributed by atoms with Crippen LogP contribution in [-0.4, -0.2) is 21.4 Å². The van der Waals surface area contributed by atoms with Crippen LogP contribution >= 0.6 is 11.6 Å². The maximum atomic E-state index is 13.1. The molecule has 0 heterocycles. The summed E-state index contributed by atoms with van der Waals surface area (Å²) < 4.78 is 26.2. The molecule has 7 heteroatoms. The van der Waals surface area contributed by atoms with E-state index in [4.69, 9.17) is 11.6 Å². The number of benzene rings is 2. The minimum Gasteiger partial charge on any atom is -0.351 e. The van der Waals surface area contributed by atoms with Crippen LogP contribution in [0.4, 0.5) is 0 Å². The van der Waals surface area contributed by atoms with Gasteiger partial charge in [-0.3, -0.25) is 4.79 Å². The second-order valence-corrected chi connectivity index (χ2v) is 9.16. The van der Waals surface area contributed by atoms with Crippen LogP contribution in [0.1, 0.15) is 36.8 Å². The van der Waals surface area contributed by atoms with Gasteiger partial charge >= 0.3 is 0 Å². The van der Waals surface area contributed by atoms with Crippen molar-refractivity contribution in [3.63, 3.8) is 0 Å². The first kappa shape index (κ1) is 19.9. The minimum atomic E-state index is -3.51. The quantitative estimate of drug-likeness (QED) is 0.772. The lowest BCUT2D eigenvalue weighted by Crippen LogP contribution is -2.42. The summed E-state index contributed by atoms with van der Waals surface area (Å²) in [6.45, 7) is 0.272. The van der Waals surface area contributed by atoms with Crippen molar-refractivity contribution in [3.05, 3.63) is 64.7 Å². The lowest BCUT2D eigenvalue weighted by Gasteiger charge is -2.28. The number of carbonyl (C=O) groups is 1. The SMILES string of the molecule is CNS(=O)(=O)c1cccc(CNC(=O)C2(c3cccc(Cl)c3)CCCC2)c1. The number of rotatable bonds is 6. The highest BCUT2D eigenvalue weighted by Gasteiger charge is 2.42. The van der Waals surface area contributed by atoms with E-state index in [0.717, 1.165) is 36.8 Å². The Labute approximate surface area is 165 Å². The Hall–Kier alpha value is -1.89. The molecule has 1 amide bonds. The van der Waals surface area contributed by atoms with Gasteiger partial charge in [-0.25, -0.2) is 13.1 Å². The molecule has 0 saturated heterocycles. The van der Waals surface area contributed by atoms with Crippen LogP contribution in [0.15, 0.2) is 53.4 Å². The first-order valence-electron chi connectivity index (χ1n) is 8.94. The second kappa shape index (κ2) is 8.00. The molecule has 1 fully saturated rings. The van der Waals surface area contributed by atoms with E-state index in [2.05, 4.69) is 10.0 Å². The Balaban J connectivity index is 1.79. The van der Waals surface area contributed by atoms with E-state index < -0.39 is 15.4 Å². The van der Waals surface area contributed by atoms with Crippen LogP contribution in [0.5, 0.6) is 0 Å². The summed E-state index contributed by atoms with van der Waals surface area (Å²) in [6, 6.07) is 14.1. The van der Waals surface area contributed by atoms with E-state index in [9.17, 15) is 13.2 Å². The predicted molar refractivity (Wildman–Crippen MR) is 106 cm³/mol. The summed E-state index contributed by atoms with van der Waals surface area (Å²) >= 11 is 6.14. The maximum absolute atomic E-state index is 13.1. The Bertz CT molecular complexity index is 938. The van der Waals surface area contributed by atoms with Crippen molar-refractivity contribution < 1.29 is 13.2 Å². The lowest BCUT2D eigenvalue weighted by atomic mass is 9.78. The molecule has 0 aliphatic heterocycles. The highest BCUT2D eigenvalue weighted by atomic mass is 35.5. The van der Waals surface area contributed by atoms with E-state index in [0.29, 0.717) is 5.02 Å². The van der Waals surface area contributed by atoms with E-state index in [1.165, 1.54) is 13.1 Å². The molecule has 0 bridgehead atoms. The molecule has 2 aromatic rings. The van der Waals surface area contributed by atoms with Gasteiger partial charge in [0.1, 0.15) is 0 Å². The average Bonchev–Trinajstić information content (AvgIpc) is 3.17. The fraction of sp³-hybridized carbons (Fsp3) is 0.350. The number of hydrogen-bond acceptors (Lipinski definition) is 3. The van der Waals surface area contributed by atoms with Gasteiger partial charge in [0.2, 0.25) is 15.9 Å². The number of nitrogens with one attached hydrogen (secondary N) is 2. The first-order chi connectivity index (χ1) is 12.9. The highest BCUT2D eigenvalue weighted by molar-refractivity contribution is 7.89. The summed E-state index contributed by atoms with van der Waals surface area (Å²) in [5.74, 6) is -0.0378. The van der Waals surface area contributed by atoms with Crippen molar-refractivity contribution in [1.82, 2.24) is 10.0 Å². The molecule has 1 saturated carbocycles. The maximum Gasteiger partial charge on any atom is 0.240 e. The Morgan fingerprint density at radius 1 is 1.11 bits per heavy atom. The van der Waals surface area contributed by atoms with Crippen molar-refractivity contribution in [2.24, 2.45) is 0 Å². The zero-order valence-corrected chi connectivity index (χ0v) is 16.7. The van der Waals surface area contributed by atoms with Gasteiger partial charge in [-0.1, -0.05) is 48.7 Å². The van der Waals surface area contributed by atoms with Crippen LogP contribution in [0, 0.1) is 0 Å². The molecule has 3 rings (SSSR count). The van der Waals surface area contributed by atoms with Gasteiger partial charge in [0, 0.05) is 11.6 Å². The first-order valence-corrected chi connectivity index (χ1v) is 10.8. The second-order valence-electron chi connectivity index (χ2n) is 6.84. The van der Waals surface area contributed by atoms with Crippen molar-refractivity contribution in [3.8, 4) is 0 Å². The molecule has 1 aliphatic rings. The van der Waals surface area contributed by atoms with Crippen LogP contribution in [0.25, 0.3) is 0 Å². The molecule has 0 aromatic heterocycles. The van der Waals surface area contributed by atoms with Crippen molar-refractivity contribution in [1.29, 1.82) is 0 Å². The Morgan fingerprint density at radius 2 is 1.81 bits per heavy atom. The van der Waals surface area contributed by atoms with Crippen LogP contribution in [0.3, 0.4) is 0 Å². The monoisotopic (exact) mass is 406 g/mol. The number of carbonyl (C=O) groups excluding carboxylic acids is 1. The smallest absolute Gasteiger partial charge is 0.240 e. The van der Waals surface area contributed by atoms with E-state index in [1.54, 1.807) is 24.3 Å². The number of amides is 1. The molecule has 144 valence electrons. The number of halogens is 1. The fourth-order valence-corrected chi connectivity index (χ4v) is 4.69. The van der Waals surface area contributed by atoms with Gasteiger partial charge < -0.3 is 5.32 Å². The molecular weight excluding hydrogens is 384 g/mol. The van der Waals surface area contributed by atoms with Gasteiger partial charge in [0.25, 0.3) is 0 Å². The van der Waals surface area contributed by atoms with Crippen molar-refractivity contribution >= 4 is 27.5 Å².